The molecule has 0 radical (unpaired) electrons. The Labute approximate surface area is 170 Å². The van der Waals surface area contributed by atoms with Gasteiger partial charge in [-0.15, -0.1) is 10.2 Å². The van der Waals surface area contributed by atoms with Crippen molar-refractivity contribution in [1.29, 1.82) is 0 Å². The largest absolute Gasteiger partial charge is 0.454 e. The van der Waals surface area contributed by atoms with Crippen LogP contribution < -0.4 is 20.6 Å². The van der Waals surface area contributed by atoms with Crippen LogP contribution in [0.2, 0.25) is 0 Å². The summed E-state index contributed by atoms with van der Waals surface area (Å²) in [6, 6.07) is 11.1. The van der Waals surface area contributed by atoms with E-state index >= 15 is 0 Å². The molecule has 2 aromatic carbocycles. The van der Waals surface area contributed by atoms with E-state index in [-0.39, 0.29) is 30.3 Å². The van der Waals surface area contributed by atoms with Gasteiger partial charge < -0.3 is 20.6 Å². The van der Waals surface area contributed by atoms with Crippen molar-refractivity contribution in [3.8, 4) is 22.9 Å². The van der Waals surface area contributed by atoms with Crippen LogP contribution in [0.5, 0.6) is 11.5 Å². The highest BCUT2D eigenvalue weighted by Crippen LogP contribution is 2.34. The van der Waals surface area contributed by atoms with Gasteiger partial charge in [-0.05, 0) is 48.9 Å². The molecule has 0 unspecified atom stereocenters. The van der Waals surface area contributed by atoms with Gasteiger partial charge in [0.1, 0.15) is 5.82 Å². The lowest BCUT2D eigenvalue weighted by atomic mass is 10.1. The molecule has 0 aliphatic carbocycles. The minimum Gasteiger partial charge on any atom is -0.454 e. The molecule has 1 aromatic heterocycles. The van der Waals surface area contributed by atoms with E-state index < -0.39 is 0 Å². The summed E-state index contributed by atoms with van der Waals surface area (Å²) in [5.74, 6) is 7.38. The van der Waals surface area contributed by atoms with Crippen LogP contribution in [0, 0.1) is 5.82 Å². The third kappa shape index (κ3) is 4.11. The average Bonchev–Trinajstić information content (AvgIpc) is 3.33. The van der Waals surface area contributed by atoms with E-state index in [1.54, 1.807) is 12.1 Å². The Bertz CT molecular complexity index is 1040. The molecule has 150 valence electrons. The number of amides is 1. The summed E-state index contributed by atoms with van der Waals surface area (Å²) >= 11 is 1.16. The van der Waals surface area contributed by atoms with E-state index in [2.05, 4.69) is 15.5 Å². The van der Waals surface area contributed by atoms with Crippen LogP contribution in [0.4, 0.5) is 4.39 Å². The highest BCUT2D eigenvalue weighted by molar-refractivity contribution is 7.99. The maximum Gasteiger partial charge on any atom is 0.231 e. The van der Waals surface area contributed by atoms with E-state index in [1.807, 2.05) is 25.1 Å². The van der Waals surface area contributed by atoms with Gasteiger partial charge in [0.2, 0.25) is 17.9 Å². The first-order valence-electron chi connectivity index (χ1n) is 8.79. The Hall–Kier alpha value is -3.27. The zero-order valence-corrected chi connectivity index (χ0v) is 16.3. The number of carbonyl (C=O) groups is 1. The number of thioether (sulfide) groups is 1. The molecule has 1 aliphatic heterocycles. The van der Waals surface area contributed by atoms with Gasteiger partial charge in [0, 0.05) is 5.56 Å². The predicted octanol–water partition coefficient (Wildman–Crippen LogP) is 2.50. The van der Waals surface area contributed by atoms with E-state index in [0.29, 0.717) is 28.0 Å². The van der Waals surface area contributed by atoms with E-state index in [1.165, 1.54) is 16.8 Å². The lowest BCUT2D eigenvalue weighted by molar-refractivity contribution is -0.119. The number of nitrogen functional groups attached to an aromatic ring is 1. The summed E-state index contributed by atoms with van der Waals surface area (Å²) in [6.07, 6.45) is 0. The number of hydrogen-bond donors (Lipinski definition) is 2. The lowest BCUT2D eigenvalue weighted by Gasteiger charge is -2.14. The fraction of sp³-hybridized carbons (Fsp3) is 0.211. The number of carbonyl (C=O) groups excluding carboxylic acids is 1. The molecule has 0 bridgehead atoms. The van der Waals surface area contributed by atoms with Crippen molar-refractivity contribution in [2.45, 2.75) is 18.1 Å². The van der Waals surface area contributed by atoms with Crippen molar-refractivity contribution in [1.82, 2.24) is 20.2 Å². The molecule has 8 nitrogen and oxygen atoms in total. The fourth-order valence-corrected chi connectivity index (χ4v) is 3.52. The molecule has 29 heavy (non-hydrogen) atoms. The van der Waals surface area contributed by atoms with Gasteiger partial charge in [0.25, 0.3) is 0 Å². The molecule has 1 atom stereocenters. The Kier molecular flexibility index (Phi) is 5.26. The Morgan fingerprint density at radius 1 is 1.24 bits per heavy atom. The van der Waals surface area contributed by atoms with Crippen LogP contribution in [0.15, 0.2) is 47.6 Å². The molecule has 0 spiro atoms. The van der Waals surface area contributed by atoms with Crippen molar-refractivity contribution in [3.63, 3.8) is 0 Å². The molecule has 0 saturated carbocycles. The number of nitrogens with one attached hydrogen (secondary N) is 1. The molecule has 10 heteroatoms. The maximum atomic E-state index is 13.1. The van der Waals surface area contributed by atoms with Gasteiger partial charge >= 0.3 is 0 Å². The number of benzene rings is 2. The van der Waals surface area contributed by atoms with Crippen LogP contribution in [-0.4, -0.2) is 33.3 Å². The molecule has 3 N–H and O–H groups in total. The van der Waals surface area contributed by atoms with Crippen LogP contribution in [-0.2, 0) is 4.79 Å². The lowest BCUT2D eigenvalue weighted by Crippen LogP contribution is -2.28. The SMILES string of the molecule is C[C@H](NC(=O)CSc1nnc(-c2ccc(F)cc2)n1N)c1ccc2c(c1)OCO2. The highest BCUT2D eigenvalue weighted by atomic mass is 32.2. The fourth-order valence-electron chi connectivity index (χ4n) is 2.85. The zero-order valence-electron chi connectivity index (χ0n) is 15.5. The first-order chi connectivity index (χ1) is 14.0. The topological polar surface area (TPSA) is 104 Å². The molecular formula is C19H18FN5O3S. The number of fused-ring (bicyclic) bond motifs is 1. The number of aromatic nitrogens is 3. The van der Waals surface area contributed by atoms with E-state index in [9.17, 15) is 9.18 Å². The third-order valence-corrected chi connectivity index (χ3v) is 5.32. The van der Waals surface area contributed by atoms with Gasteiger partial charge in [0.15, 0.2) is 17.3 Å². The van der Waals surface area contributed by atoms with Crippen LogP contribution in [0.25, 0.3) is 11.4 Å². The van der Waals surface area contributed by atoms with E-state index in [4.69, 9.17) is 15.3 Å². The Morgan fingerprint density at radius 2 is 2.00 bits per heavy atom. The maximum absolute atomic E-state index is 13.1. The Balaban J connectivity index is 1.35. The molecule has 0 fully saturated rings. The molecule has 3 aromatic rings. The minimum atomic E-state index is -0.348. The first kappa shape index (κ1) is 19.1. The minimum absolute atomic E-state index is 0.119. The number of nitrogens with zero attached hydrogens (tertiary/aromatic N) is 3. The standard InChI is InChI=1S/C19H18FN5O3S/c1-11(13-4-7-15-16(8-13)28-10-27-15)22-17(26)9-29-19-24-23-18(25(19)21)12-2-5-14(20)6-3-12/h2-8,11H,9-10,21H2,1H3,(H,22,26)/t11-/m0/s1. The predicted molar refractivity (Wildman–Crippen MR) is 105 cm³/mol. The highest BCUT2D eigenvalue weighted by Gasteiger charge is 2.18. The second-order valence-electron chi connectivity index (χ2n) is 6.37. The van der Waals surface area contributed by atoms with Gasteiger partial charge in [-0.25, -0.2) is 9.07 Å². The van der Waals surface area contributed by atoms with Crippen LogP contribution >= 0.6 is 11.8 Å². The summed E-state index contributed by atoms with van der Waals surface area (Å²) in [6.45, 7) is 2.09. The molecule has 4 rings (SSSR count). The van der Waals surface area contributed by atoms with Crippen LogP contribution in [0.3, 0.4) is 0 Å². The van der Waals surface area contributed by atoms with Gasteiger partial charge in [-0.2, -0.15) is 0 Å². The quantitative estimate of drug-likeness (QED) is 0.471. The van der Waals surface area contributed by atoms with Crippen LogP contribution in [0.1, 0.15) is 18.5 Å². The van der Waals surface area contributed by atoms with Crippen molar-refractivity contribution in [3.05, 3.63) is 53.8 Å². The summed E-state index contributed by atoms with van der Waals surface area (Å²) in [5, 5.41) is 11.3. The zero-order chi connectivity index (χ0) is 20.4. The molecule has 2 heterocycles. The summed E-state index contributed by atoms with van der Waals surface area (Å²) < 4.78 is 25.0. The smallest absolute Gasteiger partial charge is 0.231 e. The van der Waals surface area contributed by atoms with Gasteiger partial charge in [-0.3, -0.25) is 4.79 Å². The van der Waals surface area contributed by atoms with Gasteiger partial charge in [0.05, 0.1) is 11.8 Å². The van der Waals surface area contributed by atoms with Gasteiger partial charge in [-0.1, -0.05) is 17.8 Å². The molecular weight excluding hydrogens is 397 g/mol. The molecule has 1 aliphatic rings. The number of hydrogen-bond acceptors (Lipinski definition) is 7. The number of ether oxygens (including phenoxy) is 2. The monoisotopic (exact) mass is 415 g/mol. The average molecular weight is 415 g/mol. The second-order valence-corrected chi connectivity index (χ2v) is 7.32. The van der Waals surface area contributed by atoms with Crippen molar-refractivity contribution in [2.24, 2.45) is 0 Å². The molecule has 0 saturated heterocycles. The number of rotatable bonds is 6. The van der Waals surface area contributed by atoms with E-state index in [0.717, 1.165) is 17.3 Å². The Morgan fingerprint density at radius 3 is 2.79 bits per heavy atom. The van der Waals surface area contributed by atoms with Crippen molar-refractivity contribution in [2.75, 3.05) is 18.4 Å². The normalized spacial score (nSPS) is 13.3. The first-order valence-corrected chi connectivity index (χ1v) is 9.78. The van der Waals surface area contributed by atoms with Crippen molar-refractivity contribution < 1.29 is 18.7 Å². The summed E-state index contributed by atoms with van der Waals surface area (Å²) in [7, 11) is 0. The summed E-state index contributed by atoms with van der Waals surface area (Å²) in [5.41, 5.74) is 1.54. The number of halogens is 1. The van der Waals surface area contributed by atoms with Crippen molar-refractivity contribution >= 4 is 17.7 Å². The third-order valence-electron chi connectivity index (χ3n) is 4.37. The number of nitrogens with two attached hydrogens (primary N) is 1. The molecule has 1 amide bonds. The second kappa shape index (κ2) is 8.00. The summed E-state index contributed by atoms with van der Waals surface area (Å²) in [4.78, 5) is 12.3.